The molecule has 0 saturated heterocycles. The molecule has 1 aromatic carbocycles. The molecule has 0 fully saturated rings. The molecule has 1 heterocycles. The molecule has 0 amide bonds. The van der Waals surface area contributed by atoms with Crippen LogP contribution in [0, 0.1) is 0 Å². The van der Waals surface area contributed by atoms with Crippen LogP contribution in [0.3, 0.4) is 0 Å². The van der Waals surface area contributed by atoms with Crippen LogP contribution < -0.4 is 10.1 Å². The Kier molecular flexibility index (Phi) is 2.27. The highest BCUT2D eigenvalue weighted by Gasteiger charge is 2.12. The lowest BCUT2D eigenvalue weighted by Crippen LogP contribution is -2.15. The van der Waals surface area contributed by atoms with E-state index in [0.29, 0.717) is 6.61 Å². The smallest absolute Gasteiger partial charge is 0.143 e. The molecule has 1 aliphatic rings. The van der Waals surface area contributed by atoms with Gasteiger partial charge in [0.1, 0.15) is 12.4 Å². The van der Waals surface area contributed by atoms with Gasteiger partial charge in [-0.15, -0.1) is 0 Å². The minimum Gasteiger partial charge on any atom is -0.485 e. The summed E-state index contributed by atoms with van der Waals surface area (Å²) in [5.74, 6) is 0.911. The first-order valence-electron chi connectivity index (χ1n) is 4.14. The summed E-state index contributed by atoms with van der Waals surface area (Å²) in [6.45, 7) is 2.62. The van der Waals surface area contributed by atoms with Crippen LogP contribution in [-0.4, -0.2) is 6.61 Å². The molecule has 0 aromatic heterocycles. The minimum atomic E-state index is 0.630. The zero-order valence-electron chi connectivity index (χ0n) is 7.30. The quantitative estimate of drug-likeness (QED) is 0.752. The Bertz CT molecular complexity index is 360. The molecule has 0 aliphatic carbocycles. The van der Waals surface area contributed by atoms with Crippen molar-refractivity contribution >= 4 is 21.6 Å². The summed E-state index contributed by atoms with van der Waals surface area (Å²) >= 11 is 3.42. The Morgan fingerprint density at radius 2 is 2.38 bits per heavy atom. The predicted octanol–water partition coefficient (Wildman–Crippen LogP) is 3.16. The van der Waals surface area contributed by atoms with Gasteiger partial charge in [0, 0.05) is 10.2 Å². The fourth-order valence-corrected chi connectivity index (χ4v) is 1.61. The third kappa shape index (κ3) is 1.70. The minimum absolute atomic E-state index is 0.630. The third-order valence-electron chi connectivity index (χ3n) is 1.97. The zero-order chi connectivity index (χ0) is 9.26. The van der Waals surface area contributed by atoms with E-state index in [2.05, 4.69) is 21.2 Å². The molecule has 0 bridgehead atoms. The van der Waals surface area contributed by atoms with E-state index in [1.807, 2.05) is 31.2 Å². The average molecular weight is 240 g/mol. The molecule has 68 valence electrons. The summed E-state index contributed by atoms with van der Waals surface area (Å²) in [4.78, 5) is 0. The van der Waals surface area contributed by atoms with E-state index in [4.69, 9.17) is 4.74 Å². The van der Waals surface area contributed by atoms with Gasteiger partial charge in [-0.05, 0) is 25.1 Å². The van der Waals surface area contributed by atoms with Gasteiger partial charge in [-0.1, -0.05) is 22.0 Å². The van der Waals surface area contributed by atoms with E-state index in [1.165, 1.54) is 0 Å². The van der Waals surface area contributed by atoms with E-state index in [-0.39, 0.29) is 0 Å². The summed E-state index contributed by atoms with van der Waals surface area (Å²) < 4.78 is 6.59. The van der Waals surface area contributed by atoms with Gasteiger partial charge in [0.05, 0.1) is 5.69 Å². The van der Waals surface area contributed by atoms with Gasteiger partial charge in [0.15, 0.2) is 0 Å². The Hall–Kier alpha value is -0.960. The summed E-state index contributed by atoms with van der Waals surface area (Å²) in [6, 6.07) is 5.94. The number of hydrogen-bond donors (Lipinski definition) is 1. The molecular formula is C10H10BrNO. The van der Waals surface area contributed by atoms with Crippen molar-refractivity contribution in [1.82, 2.24) is 0 Å². The van der Waals surface area contributed by atoms with Crippen molar-refractivity contribution in [3.63, 3.8) is 0 Å². The van der Waals surface area contributed by atoms with Gasteiger partial charge < -0.3 is 10.1 Å². The van der Waals surface area contributed by atoms with Gasteiger partial charge in [-0.25, -0.2) is 0 Å². The van der Waals surface area contributed by atoms with Gasteiger partial charge in [0.2, 0.25) is 0 Å². The first-order chi connectivity index (χ1) is 6.29. The monoisotopic (exact) mass is 239 g/mol. The maximum Gasteiger partial charge on any atom is 0.143 e. The van der Waals surface area contributed by atoms with Crippen molar-refractivity contribution in [3.8, 4) is 5.75 Å². The highest BCUT2D eigenvalue weighted by molar-refractivity contribution is 9.10. The average Bonchev–Trinajstić information content (AvgIpc) is 2.16. The van der Waals surface area contributed by atoms with Crippen molar-refractivity contribution in [2.45, 2.75) is 6.92 Å². The number of rotatable bonds is 0. The van der Waals surface area contributed by atoms with Crippen molar-refractivity contribution in [3.05, 3.63) is 34.4 Å². The lowest BCUT2D eigenvalue weighted by atomic mass is 10.2. The van der Waals surface area contributed by atoms with E-state index < -0.39 is 0 Å². The number of fused-ring (bicyclic) bond motifs is 1. The second-order valence-corrected chi connectivity index (χ2v) is 3.78. The van der Waals surface area contributed by atoms with Crippen LogP contribution in [0.4, 0.5) is 5.69 Å². The number of allylic oxidation sites excluding steroid dienone is 1. The molecular weight excluding hydrogens is 230 g/mol. The van der Waals surface area contributed by atoms with Crippen molar-refractivity contribution < 1.29 is 4.74 Å². The van der Waals surface area contributed by atoms with Gasteiger partial charge in [-0.2, -0.15) is 0 Å². The van der Waals surface area contributed by atoms with Crippen LogP contribution in [0.2, 0.25) is 0 Å². The normalized spacial score (nSPS) is 17.5. The fourth-order valence-electron chi connectivity index (χ4n) is 1.25. The van der Waals surface area contributed by atoms with Crippen LogP contribution in [0.5, 0.6) is 5.75 Å². The SMILES string of the molecule is CC=C1COc2ccc(Br)cc2N1. The van der Waals surface area contributed by atoms with Gasteiger partial charge >= 0.3 is 0 Å². The lowest BCUT2D eigenvalue weighted by molar-refractivity contribution is 0.346. The van der Waals surface area contributed by atoms with Gasteiger partial charge in [-0.3, -0.25) is 0 Å². The number of benzene rings is 1. The van der Waals surface area contributed by atoms with Crippen LogP contribution in [-0.2, 0) is 0 Å². The first-order valence-corrected chi connectivity index (χ1v) is 4.93. The standard InChI is InChI=1S/C10H10BrNO/c1-2-8-6-13-10-4-3-7(11)5-9(10)12-8/h2-5,12H,6H2,1H3. The molecule has 0 unspecified atom stereocenters. The molecule has 0 radical (unpaired) electrons. The highest BCUT2D eigenvalue weighted by atomic mass is 79.9. The molecule has 1 aliphatic heterocycles. The molecule has 2 nitrogen and oxygen atoms in total. The number of halogens is 1. The zero-order valence-corrected chi connectivity index (χ0v) is 8.89. The molecule has 0 atom stereocenters. The van der Waals surface area contributed by atoms with E-state index >= 15 is 0 Å². The summed E-state index contributed by atoms with van der Waals surface area (Å²) in [6.07, 6.45) is 2.02. The predicted molar refractivity (Wildman–Crippen MR) is 57.0 cm³/mol. The van der Waals surface area contributed by atoms with Crippen molar-refractivity contribution in [1.29, 1.82) is 0 Å². The van der Waals surface area contributed by atoms with E-state index in [0.717, 1.165) is 21.6 Å². The van der Waals surface area contributed by atoms with Gasteiger partial charge in [0.25, 0.3) is 0 Å². The molecule has 1 N–H and O–H groups in total. The van der Waals surface area contributed by atoms with E-state index in [1.54, 1.807) is 0 Å². The van der Waals surface area contributed by atoms with Crippen molar-refractivity contribution in [2.24, 2.45) is 0 Å². The molecule has 2 rings (SSSR count). The summed E-state index contributed by atoms with van der Waals surface area (Å²) in [5, 5.41) is 3.29. The highest BCUT2D eigenvalue weighted by Crippen LogP contribution is 2.32. The van der Waals surface area contributed by atoms with Crippen LogP contribution in [0.25, 0.3) is 0 Å². The molecule has 0 spiro atoms. The van der Waals surface area contributed by atoms with E-state index in [9.17, 15) is 0 Å². The Morgan fingerprint density at radius 1 is 1.54 bits per heavy atom. The molecule has 0 saturated carbocycles. The summed E-state index contributed by atoms with van der Waals surface area (Å²) in [7, 11) is 0. The second-order valence-electron chi connectivity index (χ2n) is 2.87. The first kappa shape index (κ1) is 8.63. The lowest BCUT2D eigenvalue weighted by Gasteiger charge is -2.21. The van der Waals surface area contributed by atoms with Crippen LogP contribution >= 0.6 is 15.9 Å². The topological polar surface area (TPSA) is 21.3 Å². The third-order valence-corrected chi connectivity index (χ3v) is 2.46. The maximum atomic E-state index is 5.53. The number of nitrogens with one attached hydrogen (secondary N) is 1. The van der Waals surface area contributed by atoms with Crippen LogP contribution in [0.15, 0.2) is 34.4 Å². The number of ether oxygens (including phenoxy) is 1. The molecule has 1 aromatic rings. The maximum absolute atomic E-state index is 5.53. The Morgan fingerprint density at radius 3 is 3.15 bits per heavy atom. The van der Waals surface area contributed by atoms with Crippen molar-refractivity contribution in [2.75, 3.05) is 11.9 Å². The number of anilines is 1. The Balaban J connectivity index is 2.38. The summed E-state index contributed by atoms with van der Waals surface area (Å²) in [5.41, 5.74) is 2.12. The molecule has 3 heteroatoms. The van der Waals surface area contributed by atoms with Crippen LogP contribution in [0.1, 0.15) is 6.92 Å². The fraction of sp³-hybridized carbons (Fsp3) is 0.200. The Labute approximate surface area is 85.7 Å². The second kappa shape index (κ2) is 3.42. The number of hydrogen-bond acceptors (Lipinski definition) is 2. The molecule has 13 heavy (non-hydrogen) atoms. The largest absolute Gasteiger partial charge is 0.485 e.